The van der Waals surface area contributed by atoms with Gasteiger partial charge < -0.3 is 10.1 Å². The van der Waals surface area contributed by atoms with Crippen molar-refractivity contribution < 1.29 is 9.53 Å². The number of nitrogens with zero attached hydrogens (tertiary/aromatic N) is 2. The maximum atomic E-state index is 12.1. The molecule has 134 valence electrons. The molecule has 2 N–H and O–H groups in total. The van der Waals surface area contributed by atoms with Crippen LogP contribution in [0.2, 0.25) is 5.02 Å². The second kappa shape index (κ2) is 8.25. The number of thioether (sulfide) groups is 1. The Labute approximate surface area is 160 Å². The van der Waals surface area contributed by atoms with E-state index >= 15 is 0 Å². The first-order chi connectivity index (χ1) is 12.5. The van der Waals surface area contributed by atoms with Gasteiger partial charge in [0, 0.05) is 10.7 Å². The average Bonchev–Trinajstić information content (AvgIpc) is 3.11. The van der Waals surface area contributed by atoms with Crippen molar-refractivity contribution in [2.24, 2.45) is 0 Å². The Bertz CT molecular complexity index is 912. The molecule has 0 atom stereocenters. The van der Waals surface area contributed by atoms with E-state index in [1.165, 1.54) is 11.8 Å². The van der Waals surface area contributed by atoms with Crippen LogP contribution in [0.4, 0.5) is 5.69 Å². The molecular formula is C18H17ClN4O2S. The lowest BCUT2D eigenvalue weighted by molar-refractivity contribution is -0.113. The number of anilines is 1. The maximum absolute atomic E-state index is 12.1. The van der Waals surface area contributed by atoms with Crippen molar-refractivity contribution in [2.75, 3.05) is 18.2 Å². The van der Waals surface area contributed by atoms with Crippen LogP contribution in [0.5, 0.6) is 5.75 Å². The molecule has 0 saturated carbocycles. The number of aryl methyl sites for hydroxylation is 1. The number of hydrogen-bond acceptors (Lipinski definition) is 5. The summed E-state index contributed by atoms with van der Waals surface area (Å²) in [5.41, 5.74) is 2.62. The normalized spacial score (nSPS) is 10.6. The van der Waals surface area contributed by atoms with Gasteiger partial charge in [-0.2, -0.15) is 0 Å². The van der Waals surface area contributed by atoms with Gasteiger partial charge in [-0.25, -0.2) is 4.98 Å². The van der Waals surface area contributed by atoms with E-state index in [2.05, 4.69) is 20.5 Å². The molecule has 0 bridgehead atoms. The van der Waals surface area contributed by atoms with E-state index in [4.69, 9.17) is 16.3 Å². The summed E-state index contributed by atoms with van der Waals surface area (Å²) in [6.07, 6.45) is 0. The van der Waals surface area contributed by atoms with Crippen LogP contribution in [0.1, 0.15) is 5.56 Å². The minimum atomic E-state index is -0.120. The Hall–Kier alpha value is -2.51. The van der Waals surface area contributed by atoms with Gasteiger partial charge in [0.25, 0.3) is 0 Å². The van der Waals surface area contributed by atoms with E-state index < -0.39 is 0 Å². The van der Waals surface area contributed by atoms with Gasteiger partial charge in [0.05, 0.1) is 18.4 Å². The minimum Gasteiger partial charge on any atom is -0.496 e. The minimum absolute atomic E-state index is 0.120. The Kier molecular flexibility index (Phi) is 5.80. The Balaban J connectivity index is 1.63. The van der Waals surface area contributed by atoms with Gasteiger partial charge in [-0.15, -0.1) is 5.10 Å². The summed E-state index contributed by atoms with van der Waals surface area (Å²) >= 11 is 7.29. The van der Waals surface area contributed by atoms with Crippen LogP contribution in [0, 0.1) is 6.92 Å². The largest absolute Gasteiger partial charge is 0.496 e. The molecule has 0 radical (unpaired) electrons. The number of carbonyl (C=O) groups excluding carboxylic acids is 1. The van der Waals surface area contributed by atoms with Crippen LogP contribution in [0.25, 0.3) is 11.4 Å². The number of carbonyl (C=O) groups is 1. The standard InChI is InChI=1S/C18H17ClN4O2S/c1-11-3-6-13(7-4-11)20-16(24)10-26-18-21-17(22-23-18)14-9-12(19)5-8-15(14)25-2/h3-9H,10H2,1-2H3,(H,20,24)(H,21,22,23). The molecule has 0 spiro atoms. The van der Waals surface area contributed by atoms with E-state index in [1.807, 2.05) is 31.2 Å². The van der Waals surface area contributed by atoms with Crippen LogP contribution < -0.4 is 10.1 Å². The molecule has 0 saturated heterocycles. The quantitative estimate of drug-likeness (QED) is 0.619. The zero-order chi connectivity index (χ0) is 18.5. The lowest BCUT2D eigenvalue weighted by Gasteiger charge is -2.05. The van der Waals surface area contributed by atoms with Gasteiger partial charge in [-0.1, -0.05) is 41.1 Å². The molecule has 3 rings (SSSR count). The number of rotatable bonds is 6. The number of ether oxygens (including phenoxy) is 1. The van der Waals surface area contributed by atoms with Crippen LogP contribution in [-0.2, 0) is 4.79 Å². The van der Waals surface area contributed by atoms with E-state index in [-0.39, 0.29) is 11.7 Å². The summed E-state index contributed by atoms with van der Waals surface area (Å²) in [5.74, 6) is 1.26. The Morgan fingerprint density at radius 3 is 2.77 bits per heavy atom. The summed E-state index contributed by atoms with van der Waals surface area (Å²) in [4.78, 5) is 16.5. The molecule has 1 aromatic heterocycles. The van der Waals surface area contributed by atoms with Crippen molar-refractivity contribution in [2.45, 2.75) is 12.1 Å². The van der Waals surface area contributed by atoms with Crippen LogP contribution >= 0.6 is 23.4 Å². The number of aromatic amines is 1. The number of hydrogen-bond donors (Lipinski definition) is 2. The monoisotopic (exact) mass is 388 g/mol. The summed E-state index contributed by atoms with van der Waals surface area (Å²) < 4.78 is 5.32. The summed E-state index contributed by atoms with van der Waals surface area (Å²) in [6.45, 7) is 2.00. The molecule has 2 aromatic carbocycles. The molecule has 26 heavy (non-hydrogen) atoms. The maximum Gasteiger partial charge on any atom is 0.234 e. The fourth-order valence-corrected chi connectivity index (χ4v) is 3.03. The number of halogens is 1. The van der Waals surface area contributed by atoms with Crippen molar-refractivity contribution in [3.63, 3.8) is 0 Å². The molecule has 3 aromatic rings. The van der Waals surface area contributed by atoms with Crippen LogP contribution in [0.3, 0.4) is 0 Å². The third-order valence-electron chi connectivity index (χ3n) is 3.55. The van der Waals surface area contributed by atoms with Crippen molar-refractivity contribution in [1.29, 1.82) is 0 Å². The molecule has 0 aliphatic rings. The van der Waals surface area contributed by atoms with E-state index in [0.717, 1.165) is 11.3 Å². The third-order valence-corrected chi connectivity index (χ3v) is 4.63. The summed E-state index contributed by atoms with van der Waals surface area (Å²) in [6, 6.07) is 12.9. The van der Waals surface area contributed by atoms with Gasteiger partial charge in [0.2, 0.25) is 11.1 Å². The zero-order valence-electron chi connectivity index (χ0n) is 14.2. The van der Waals surface area contributed by atoms with Crippen molar-refractivity contribution in [1.82, 2.24) is 15.2 Å². The lowest BCUT2D eigenvalue weighted by atomic mass is 10.2. The third kappa shape index (κ3) is 4.56. The predicted octanol–water partition coefficient (Wildman–Crippen LogP) is 4.17. The van der Waals surface area contributed by atoms with Gasteiger partial charge in [-0.3, -0.25) is 9.89 Å². The molecule has 8 heteroatoms. The topological polar surface area (TPSA) is 79.9 Å². The van der Waals surface area contributed by atoms with Crippen LogP contribution in [0.15, 0.2) is 47.6 Å². The predicted molar refractivity (Wildman–Crippen MR) is 104 cm³/mol. The van der Waals surface area contributed by atoms with Gasteiger partial charge in [-0.05, 0) is 37.3 Å². The average molecular weight is 389 g/mol. The molecule has 0 unspecified atom stereocenters. The first-order valence-corrected chi connectivity index (χ1v) is 9.17. The number of H-pyrrole nitrogens is 1. The molecular weight excluding hydrogens is 372 g/mol. The molecule has 0 aliphatic heterocycles. The highest BCUT2D eigenvalue weighted by atomic mass is 35.5. The van der Waals surface area contributed by atoms with Crippen molar-refractivity contribution in [3.05, 3.63) is 53.1 Å². The fraction of sp³-hybridized carbons (Fsp3) is 0.167. The molecule has 1 heterocycles. The number of benzene rings is 2. The molecule has 0 aliphatic carbocycles. The first kappa shape index (κ1) is 18.3. The number of nitrogens with one attached hydrogen (secondary N) is 2. The van der Waals surface area contributed by atoms with Crippen LogP contribution in [-0.4, -0.2) is 34.0 Å². The SMILES string of the molecule is COc1ccc(Cl)cc1-c1nc(SCC(=O)Nc2ccc(C)cc2)n[nH]1. The van der Waals surface area contributed by atoms with Gasteiger partial charge in [0.15, 0.2) is 5.82 Å². The van der Waals surface area contributed by atoms with Gasteiger partial charge in [0.1, 0.15) is 5.75 Å². The lowest BCUT2D eigenvalue weighted by Crippen LogP contribution is -2.14. The summed E-state index contributed by atoms with van der Waals surface area (Å²) in [7, 11) is 1.58. The first-order valence-electron chi connectivity index (χ1n) is 7.81. The smallest absolute Gasteiger partial charge is 0.234 e. The molecule has 6 nitrogen and oxygen atoms in total. The highest BCUT2D eigenvalue weighted by molar-refractivity contribution is 7.99. The van der Waals surface area contributed by atoms with Gasteiger partial charge >= 0.3 is 0 Å². The Morgan fingerprint density at radius 1 is 1.27 bits per heavy atom. The van der Waals surface area contributed by atoms with Crippen molar-refractivity contribution >= 4 is 35.0 Å². The number of aromatic nitrogens is 3. The van der Waals surface area contributed by atoms with E-state index in [1.54, 1.807) is 25.3 Å². The Morgan fingerprint density at radius 2 is 2.04 bits per heavy atom. The summed E-state index contributed by atoms with van der Waals surface area (Å²) in [5, 5.41) is 10.9. The zero-order valence-corrected chi connectivity index (χ0v) is 15.8. The highest BCUT2D eigenvalue weighted by Gasteiger charge is 2.13. The van der Waals surface area contributed by atoms with E-state index in [9.17, 15) is 4.79 Å². The molecule has 0 fully saturated rings. The second-order valence-electron chi connectivity index (χ2n) is 5.51. The second-order valence-corrected chi connectivity index (χ2v) is 6.89. The van der Waals surface area contributed by atoms with Crippen molar-refractivity contribution in [3.8, 4) is 17.1 Å². The van der Waals surface area contributed by atoms with E-state index in [0.29, 0.717) is 27.3 Å². The number of methoxy groups -OCH3 is 1. The highest BCUT2D eigenvalue weighted by Crippen LogP contribution is 2.31. The fourth-order valence-electron chi connectivity index (χ4n) is 2.26. The number of amides is 1. The molecule has 1 amide bonds.